The van der Waals surface area contributed by atoms with Gasteiger partial charge in [-0.3, -0.25) is 4.90 Å². The van der Waals surface area contributed by atoms with Crippen LogP contribution in [0.4, 0.5) is 18.0 Å². The highest BCUT2D eigenvalue weighted by atomic mass is 19.4. The molecule has 0 saturated carbocycles. The summed E-state index contributed by atoms with van der Waals surface area (Å²) >= 11 is 0. The summed E-state index contributed by atoms with van der Waals surface area (Å²) in [6, 6.07) is 0.326. The molecule has 10 heteroatoms. The molecule has 3 N–H and O–H groups in total. The standard InChI is InChI=1S/C12H22N2O3.C2HF3O2/c1-12(2,3)17-11(15)14-9-4-8(13)5-10(14)7-16-6-9;3-2(4,5)1(6)7/h8-10H,4-7,13H2,1-3H3;(H,6,7)/t8-,9-,10+;. The van der Waals surface area contributed by atoms with Crippen LogP contribution in [0.15, 0.2) is 0 Å². The Bertz CT molecular complexity index is 450. The van der Waals surface area contributed by atoms with Gasteiger partial charge < -0.3 is 20.3 Å². The first-order valence-corrected chi connectivity index (χ1v) is 7.46. The van der Waals surface area contributed by atoms with E-state index in [4.69, 9.17) is 25.1 Å². The van der Waals surface area contributed by atoms with Crippen molar-refractivity contribution in [3.05, 3.63) is 0 Å². The monoisotopic (exact) mass is 356 g/mol. The zero-order valence-corrected chi connectivity index (χ0v) is 13.8. The molecule has 2 bridgehead atoms. The van der Waals surface area contributed by atoms with Gasteiger partial charge in [0.05, 0.1) is 25.3 Å². The molecule has 140 valence electrons. The number of nitrogens with two attached hydrogens (primary N) is 1. The van der Waals surface area contributed by atoms with E-state index in [1.807, 2.05) is 25.7 Å². The molecular weight excluding hydrogens is 333 g/mol. The zero-order valence-electron chi connectivity index (χ0n) is 13.8. The number of carboxylic acids is 1. The lowest BCUT2D eigenvalue weighted by atomic mass is 9.91. The number of nitrogens with zero attached hydrogens (tertiary/aromatic N) is 1. The third kappa shape index (κ3) is 6.16. The zero-order chi connectivity index (χ0) is 18.7. The maximum Gasteiger partial charge on any atom is 0.490 e. The largest absolute Gasteiger partial charge is 0.490 e. The van der Waals surface area contributed by atoms with Gasteiger partial charge in [0.25, 0.3) is 0 Å². The second-order valence-corrected chi connectivity index (χ2v) is 6.77. The molecular formula is C14H23F3N2O5. The van der Waals surface area contributed by atoms with Crippen LogP contribution >= 0.6 is 0 Å². The smallest absolute Gasteiger partial charge is 0.475 e. The highest BCUT2D eigenvalue weighted by molar-refractivity contribution is 5.73. The average molecular weight is 356 g/mol. The molecule has 2 saturated heterocycles. The van der Waals surface area contributed by atoms with Crippen LogP contribution in [0.2, 0.25) is 0 Å². The number of alkyl halides is 3. The van der Waals surface area contributed by atoms with Crippen LogP contribution in [0.25, 0.3) is 0 Å². The Balaban J connectivity index is 0.000000351. The third-order valence-corrected chi connectivity index (χ3v) is 3.40. The molecule has 24 heavy (non-hydrogen) atoms. The van der Waals surface area contributed by atoms with E-state index in [0.717, 1.165) is 12.8 Å². The predicted octanol–water partition coefficient (Wildman–Crippen LogP) is 1.75. The minimum atomic E-state index is -5.08. The number of carboxylic acid groups (broad SMARTS) is 1. The van der Waals surface area contributed by atoms with Gasteiger partial charge in [0.15, 0.2) is 0 Å². The number of carbonyl (C=O) groups is 2. The average Bonchev–Trinajstić information content (AvgIpc) is 2.34. The first-order valence-electron chi connectivity index (χ1n) is 7.46. The van der Waals surface area contributed by atoms with E-state index < -0.39 is 17.7 Å². The van der Waals surface area contributed by atoms with Crippen molar-refractivity contribution in [1.82, 2.24) is 4.90 Å². The van der Waals surface area contributed by atoms with Crippen molar-refractivity contribution >= 4 is 12.1 Å². The molecule has 0 unspecified atom stereocenters. The molecule has 2 fully saturated rings. The molecule has 0 radical (unpaired) electrons. The number of morpholine rings is 1. The van der Waals surface area contributed by atoms with Gasteiger partial charge >= 0.3 is 18.2 Å². The summed E-state index contributed by atoms with van der Waals surface area (Å²) in [5, 5.41) is 7.12. The van der Waals surface area contributed by atoms with E-state index in [1.54, 1.807) is 0 Å². The van der Waals surface area contributed by atoms with Gasteiger partial charge in [-0.15, -0.1) is 0 Å². The summed E-state index contributed by atoms with van der Waals surface area (Å²) in [6.45, 7) is 6.79. The Labute approximate surface area is 137 Å². The highest BCUT2D eigenvalue weighted by Crippen LogP contribution is 2.28. The van der Waals surface area contributed by atoms with Gasteiger partial charge in [-0.2, -0.15) is 13.2 Å². The first kappa shape index (κ1) is 20.5. The summed E-state index contributed by atoms with van der Waals surface area (Å²) in [7, 11) is 0. The second-order valence-electron chi connectivity index (χ2n) is 6.77. The second kappa shape index (κ2) is 7.56. The first-order chi connectivity index (χ1) is 10.8. The van der Waals surface area contributed by atoms with E-state index in [1.165, 1.54) is 0 Å². The summed E-state index contributed by atoms with van der Waals surface area (Å²) in [5.74, 6) is -2.76. The van der Waals surface area contributed by atoms with Gasteiger partial charge in [-0.05, 0) is 33.6 Å². The van der Waals surface area contributed by atoms with E-state index in [9.17, 15) is 18.0 Å². The van der Waals surface area contributed by atoms with Gasteiger partial charge in [-0.25, -0.2) is 9.59 Å². The van der Waals surface area contributed by atoms with Crippen LogP contribution in [0.3, 0.4) is 0 Å². The minimum absolute atomic E-state index is 0.0762. The number of rotatable bonds is 0. The molecule has 0 aromatic heterocycles. The molecule has 0 aliphatic carbocycles. The van der Waals surface area contributed by atoms with Crippen molar-refractivity contribution in [3.63, 3.8) is 0 Å². The highest BCUT2D eigenvalue weighted by Gasteiger charge is 2.42. The summed E-state index contributed by atoms with van der Waals surface area (Å²) in [5.41, 5.74) is 5.53. The third-order valence-electron chi connectivity index (χ3n) is 3.40. The van der Waals surface area contributed by atoms with E-state index in [0.29, 0.717) is 13.2 Å². The van der Waals surface area contributed by atoms with Crippen LogP contribution in [-0.4, -0.2) is 65.2 Å². The lowest BCUT2D eigenvalue weighted by Gasteiger charge is -2.47. The number of fused-ring (bicyclic) bond motifs is 2. The maximum atomic E-state index is 12.1. The van der Waals surface area contributed by atoms with Gasteiger partial charge in [0.2, 0.25) is 0 Å². The number of carbonyl (C=O) groups excluding carboxylic acids is 1. The summed E-state index contributed by atoms with van der Waals surface area (Å²) in [4.78, 5) is 22.9. The fourth-order valence-electron chi connectivity index (χ4n) is 2.57. The lowest BCUT2D eigenvalue weighted by molar-refractivity contribution is -0.192. The van der Waals surface area contributed by atoms with Crippen LogP contribution in [0.5, 0.6) is 0 Å². The normalized spacial score (nSPS) is 27.0. The SMILES string of the molecule is CC(C)(C)OC(=O)N1[C@@H]2COC[C@H]1C[C@@H](N)C2.O=C(O)C(F)(F)F. The fourth-order valence-corrected chi connectivity index (χ4v) is 2.57. The lowest BCUT2D eigenvalue weighted by Crippen LogP contribution is -2.62. The van der Waals surface area contributed by atoms with Gasteiger partial charge in [0.1, 0.15) is 5.60 Å². The predicted molar refractivity (Wildman–Crippen MR) is 77.4 cm³/mol. The number of halogens is 3. The molecule has 1 amide bonds. The Morgan fingerprint density at radius 2 is 1.58 bits per heavy atom. The molecule has 7 nitrogen and oxygen atoms in total. The molecule has 2 heterocycles. The molecule has 0 spiro atoms. The minimum Gasteiger partial charge on any atom is -0.475 e. The summed E-state index contributed by atoms with van der Waals surface area (Å²) in [6.07, 6.45) is -3.71. The topological polar surface area (TPSA) is 102 Å². The Morgan fingerprint density at radius 1 is 1.17 bits per heavy atom. The number of aliphatic carboxylic acids is 1. The Hall–Kier alpha value is -1.55. The van der Waals surface area contributed by atoms with Crippen molar-refractivity contribution in [2.75, 3.05) is 13.2 Å². The Morgan fingerprint density at radius 3 is 1.92 bits per heavy atom. The van der Waals surface area contributed by atoms with E-state index in [-0.39, 0.29) is 24.2 Å². The number of ether oxygens (including phenoxy) is 2. The number of amides is 1. The van der Waals surface area contributed by atoms with Crippen LogP contribution in [0.1, 0.15) is 33.6 Å². The molecule has 0 aromatic rings. The van der Waals surface area contributed by atoms with Crippen molar-refractivity contribution in [2.24, 2.45) is 5.73 Å². The van der Waals surface area contributed by atoms with Gasteiger partial charge in [0, 0.05) is 6.04 Å². The quantitative estimate of drug-likeness (QED) is 0.685. The fraction of sp³-hybridized carbons (Fsp3) is 0.857. The molecule has 2 aliphatic heterocycles. The number of hydrogen-bond acceptors (Lipinski definition) is 5. The van der Waals surface area contributed by atoms with Crippen molar-refractivity contribution in [3.8, 4) is 0 Å². The van der Waals surface area contributed by atoms with E-state index in [2.05, 4.69) is 0 Å². The molecule has 2 aliphatic rings. The summed E-state index contributed by atoms with van der Waals surface area (Å²) < 4.78 is 42.7. The van der Waals surface area contributed by atoms with E-state index >= 15 is 0 Å². The number of hydrogen-bond donors (Lipinski definition) is 2. The molecule has 3 atom stereocenters. The maximum absolute atomic E-state index is 12.1. The van der Waals surface area contributed by atoms with Crippen molar-refractivity contribution < 1.29 is 37.3 Å². The van der Waals surface area contributed by atoms with Crippen LogP contribution in [-0.2, 0) is 14.3 Å². The Kier molecular flexibility index (Phi) is 6.45. The molecule has 2 rings (SSSR count). The van der Waals surface area contributed by atoms with Crippen molar-refractivity contribution in [1.29, 1.82) is 0 Å². The number of piperidine rings is 1. The van der Waals surface area contributed by atoms with Gasteiger partial charge in [-0.1, -0.05) is 0 Å². The molecule has 0 aromatic carbocycles. The van der Waals surface area contributed by atoms with Crippen LogP contribution in [0, 0.1) is 0 Å². The van der Waals surface area contributed by atoms with Crippen molar-refractivity contribution in [2.45, 2.75) is 63.5 Å². The van der Waals surface area contributed by atoms with Crippen LogP contribution < -0.4 is 5.73 Å².